The quantitative estimate of drug-likeness (QED) is 0.521. The van der Waals surface area contributed by atoms with E-state index in [0.717, 1.165) is 11.8 Å². The maximum absolute atomic E-state index is 12.2. The minimum absolute atomic E-state index is 0.0349. The number of nitrogens with zero attached hydrogens (tertiary/aromatic N) is 2. The Kier molecular flexibility index (Phi) is 6.77. The zero-order chi connectivity index (χ0) is 21.7. The molecule has 2 aromatic rings. The Morgan fingerprint density at radius 1 is 1.27 bits per heavy atom. The molecule has 11 nitrogen and oxygen atoms in total. The van der Waals surface area contributed by atoms with Crippen LogP contribution in [0.4, 0.5) is 10.5 Å². The summed E-state index contributed by atoms with van der Waals surface area (Å²) < 4.78 is 15.9. The maximum Gasteiger partial charge on any atom is 0.321 e. The van der Waals surface area contributed by atoms with Gasteiger partial charge in [0.25, 0.3) is 5.22 Å². The van der Waals surface area contributed by atoms with Gasteiger partial charge in [-0.2, -0.15) is 0 Å². The zero-order valence-electron chi connectivity index (χ0n) is 16.6. The molecule has 0 saturated carbocycles. The summed E-state index contributed by atoms with van der Waals surface area (Å²) in [5.41, 5.74) is 0.509. The highest BCUT2D eigenvalue weighted by Gasteiger charge is 2.34. The number of aromatic nitrogens is 2. The van der Waals surface area contributed by atoms with E-state index in [-0.39, 0.29) is 35.2 Å². The number of urea groups is 1. The first-order valence-electron chi connectivity index (χ1n) is 8.98. The molecule has 0 radical (unpaired) electrons. The monoisotopic (exact) mass is 435 g/mol. The topological polar surface area (TPSA) is 145 Å². The predicted octanol–water partition coefficient (Wildman–Crippen LogP) is 1.20. The van der Waals surface area contributed by atoms with Crippen molar-refractivity contribution < 1.29 is 28.3 Å². The van der Waals surface area contributed by atoms with Crippen molar-refractivity contribution in [2.45, 2.75) is 24.6 Å². The fraction of sp³-hybridized carbons (Fsp3) is 0.389. The number of imide groups is 1. The Balaban J connectivity index is 1.53. The normalized spacial score (nSPS) is 18.4. The van der Waals surface area contributed by atoms with Crippen molar-refractivity contribution in [2.75, 3.05) is 25.3 Å². The summed E-state index contributed by atoms with van der Waals surface area (Å²) in [6.45, 7) is 1.73. The Morgan fingerprint density at radius 2 is 2.07 bits per heavy atom. The SMILES string of the molecule is COc1ccc(NC(=O)CSc2nnc(CC3C(=O)NC(=O)NC3C)o2)c(OC)c1. The Labute approximate surface area is 176 Å². The van der Waals surface area contributed by atoms with Gasteiger partial charge in [0.2, 0.25) is 17.7 Å². The van der Waals surface area contributed by atoms with Crippen LogP contribution >= 0.6 is 11.8 Å². The lowest BCUT2D eigenvalue weighted by molar-refractivity contribution is -0.125. The van der Waals surface area contributed by atoms with Crippen molar-refractivity contribution in [3.63, 3.8) is 0 Å². The molecular weight excluding hydrogens is 414 g/mol. The highest BCUT2D eigenvalue weighted by Crippen LogP contribution is 2.29. The molecule has 0 spiro atoms. The molecule has 2 unspecified atom stereocenters. The van der Waals surface area contributed by atoms with E-state index in [4.69, 9.17) is 13.9 Å². The van der Waals surface area contributed by atoms with Gasteiger partial charge >= 0.3 is 6.03 Å². The first-order chi connectivity index (χ1) is 14.4. The number of methoxy groups -OCH3 is 2. The van der Waals surface area contributed by atoms with Gasteiger partial charge in [-0.25, -0.2) is 4.79 Å². The minimum Gasteiger partial charge on any atom is -0.497 e. The van der Waals surface area contributed by atoms with Crippen LogP contribution in [0, 0.1) is 5.92 Å². The molecule has 1 fully saturated rings. The van der Waals surface area contributed by atoms with Crippen molar-refractivity contribution in [2.24, 2.45) is 5.92 Å². The summed E-state index contributed by atoms with van der Waals surface area (Å²) >= 11 is 1.07. The molecule has 1 aliphatic heterocycles. The van der Waals surface area contributed by atoms with E-state index < -0.39 is 17.9 Å². The molecule has 0 aliphatic carbocycles. The molecule has 1 saturated heterocycles. The molecule has 30 heavy (non-hydrogen) atoms. The molecule has 0 bridgehead atoms. The number of hydrogen-bond donors (Lipinski definition) is 3. The second kappa shape index (κ2) is 9.48. The number of carbonyl (C=O) groups excluding carboxylic acids is 3. The molecule has 4 amide bonds. The fourth-order valence-corrected chi connectivity index (χ4v) is 3.41. The Morgan fingerprint density at radius 3 is 2.77 bits per heavy atom. The average Bonchev–Trinajstić information content (AvgIpc) is 3.17. The van der Waals surface area contributed by atoms with Crippen LogP contribution in [0.2, 0.25) is 0 Å². The molecular formula is C18H21N5O6S. The molecule has 12 heteroatoms. The lowest BCUT2D eigenvalue weighted by Crippen LogP contribution is -2.57. The summed E-state index contributed by atoms with van der Waals surface area (Å²) in [7, 11) is 3.04. The first kappa shape index (κ1) is 21.4. The molecule has 1 aromatic carbocycles. The van der Waals surface area contributed by atoms with Gasteiger partial charge in [0.1, 0.15) is 11.5 Å². The summed E-state index contributed by atoms with van der Waals surface area (Å²) in [4.78, 5) is 35.5. The van der Waals surface area contributed by atoms with Crippen LogP contribution in [0.1, 0.15) is 12.8 Å². The van der Waals surface area contributed by atoms with Gasteiger partial charge in [0.15, 0.2) is 0 Å². The van der Waals surface area contributed by atoms with E-state index in [0.29, 0.717) is 17.2 Å². The van der Waals surface area contributed by atoms with E-state index in [1.807, 2.05) is 0 Å². The first-order valence-corrected chi connectivity index (χ1v) is 9.96. The van der Waals surface area contributed by atoms with Crippen molar-refractivity contribution in [3.05, 3.63) is 24.1 Å². The Bertz CT molecular complexity index is 949. The molecule has 3 N–H and O–H groups in total. The number of anilines is 1. The number of thioether (sulfide) groups is 1. The highest BCUT2D eigenvalue weighted by molar-refractivity contribution is 7.99. The maximum atomic E-state index is 12.2. The van der Waals surface area contributed by atoms with Crippen LogP contribution in [0.15, 0.2) is 27.8 Å². The van der Waals surface area contributed by atoms with E-state index >= 15 is 0 Å². The smallest absolute Gasteiger partial charge is 0.321 e. The third-order valence-corrected chi connectivity index (χ3v) is 5.21. The number of benzene rings is 1. The van der Waals surface area contributed by atoms with E-state index in [1.54, 1.807) is 32.2 Å². The Hall–Kier alpha value is -3.28. The minimum atomic E-state index is -0.523. The van der Waals surface area contributed by atoms with Crippen molar-refractivity contribution in [3.8, 4) is 11.5 Å². The van der Waals surface area contributed by atoms with E-state index in [1.165, 1.54) is 7.11 Å². The van der Waals surface area contributed by atoms with Crippen LogP contribution in [-0.4, -0.2) is 54.1 Å². The average molecular weight is 435 g/mol. The number of ether oxygens (including phenoxy) is 2. The standard InChI is InChI=1S/C18H21N5O6S/c1-9-11(16(25)21-17(26)19-9)7-15-22-23-18(29-15)30-8-14(24)20-12-5-4-10(27-2)6-13(12)28-3/h4-6,9,11H,7-8H2,1-3H3,(H,20,24)(H2,19,21,25,26). The molecule has 1 aromatic heterocycles. The van der Waals surface area contributed by atoms with E-state index in [9.17, 15) is 14.4 Å². The van der Waals surface area contributed by atoms with Crippen LogP contribution in [0.25, 0.3) is 0 Å². The summed E-state index contributed by atoms with van der Waals surface area (Å²) in [5, 5.41) is 15.6. The molecule has 3 rings (SSSR count). The van der Waals surface area contributed by atoms with Crippen molar-refractivity contribution >= 4 is 35.3 Å². The van der Waals surface area contributed by atoms with Crippen LogP contribution < -0.4 is 25.4 Å². The summed E-state index contributed by atoms with van der Waals surface area (Å²) in [5.74, 6) is 0.160. The number of amides is 4. The number of nitrogens with one attached hydrogen (secondary N) is 3. The lowest BCUT2D eigenvalue weighted by Gasteiger charge is -2.27. The molecule has 2 heterocycles. The van der Waals surface area contributed by atoms with Crippen molar-refractivity contribution in [1.82, 2.24) is 20.8 Å². The van der Waals surface area contributed by atoms with Gasteiger partial charge in [-0.1, -0.05) is 11.8 Å². The van der Waals surface area contributed by atoms with Crippen molar-refractivity contribution in [1.29, 1.82) is 0 Å². The second-order valence-electron chi connectivity index (χ2n) is 6.43. The fourth-order valence-electron chi connectivity index (χ4n) is 2.83. The van der Waals surface area contributed by atoms with Crippen LogP contribution in [0.3, 0.4) is 0 Å². The third kappa shape index (κ3) is 5.20. The number of hydrogen-bond acceptors (Lipinski definition) is 9. The summed E-state index contributed by atoms with van der Waals surface area (Å²) in [6.07, 6.45) is 0.177. The van der Waals surface area contributed by atoms with E-state index in [2.05, 4.69) is 26.1 Å². The predicted molar refractivity (Wildman–Crippen MR) is 107 cm³/mol. The lowest BCUT2D eigenvalue weighted by atomic mass is 9.95. The highest BCUT2D eigenvalue weighted by atomic mass is 32.2. The van der Waals surface area contributed by atoms with Gasteiger partial charge in [0.05, 0.1) is 31.6 Å². The number of rotatable bonds is 8. The van der Waals surface area contributed by atoms with Gasteiger partial charge in [0, 0.05) is 18.5 Å². The molecule has 2 atom stereocenters. The second-order valence-corrected chi connectivity index (χ2v) is 7.35. The van der Waals surface area contributed by atoms with Gasteiger partial charge < -0.3 is 24.5 Å². The van der Waals surface area contributed by atoms with Crippen LogP contribution in [0.5, 0.6) is 11.5 Å². The zero-order valence-corrected chi connectivity index (χ0v) is 17.4. The van der Waals surface area contributed by atoms with Gasteiger partial charge in [-0.15, -0.1) is 10.2 Å². The largest absolute Gasteiger partial charge is 0.497 e. The molecule has 1 aliphatic rings. The third-order valence-electron chi connectivity index (χ3n) is 4.39. The van der Waals surface area contributed by atoms with Gasteiger partial charge in [-0.3, -0.25) is 14.9 Å². The van der Waals surface area contributed by atoms with Gasteiger partial charge in [-0.05, 0) is 19.1 Å². The van der Waals surface area contributed by atoms with Crippen LogP contribution in [-0.2, 0) is 16.0 Å². The summed E-state index contributed by atoms with van der Waals surface area (Å²) in [6, 6.07) is 4.17. The molecule has 160 valence electrons. The number of carbonyl (C=O) groups is 3.